The molecule has 18 heavy (non-hydrogen) atoms. The predicted octanol–water partition coefficient (Wildman–Crippen LogP) is 3.92. The molecule has 1 heterocycles. The van der Waals surface area contributed by atoms with E-state index in [4.69, 9.17) is 17.5 Å². The van der Waals surface area contributed by atoms with Gasteiger partial charge in [-0.15, -0.1) is 0 Å². The van der Waals surface area contributed by atoms with E-state index >= 15 is 0 Å². The summed E-state index contributed by atoms with van der Waals surface area (Å²) in [6.45, 7) is 2.04. The molecule has 0 saturated carbocycles. The first-order valence-corrected chi connectivity index (χ1v) is 6.67. The molecule has 0 saturated heterocycles. The van der Waals surface area contributed by atoms with Crippen molar-refractivity contribution in [1.29, 1.82) is 5.26 Å². The fourth-order valence-electron chi connectivity index (χ4n) is 1.68. The fourth-order valence-corrected chi connectivity index (χ4v) is 2.68. The van der Waals surface area contributed by atoms with Crippen LogP contribution in [0.25, 0.3) is 0 Å². The van der Waals surface area contributed by atoms with Crippen molar-refractivity contribution in [2.45, 2.75) is 13.3 Å². The zero-order valence-corrected chi connectivity index (χ0v) is 12.2. The molecule has 0 aliphatic heterocycles. The number of nitriles is 1. The van der Waals surface area contributed by atoms with Crippen LogP contribution in [0, 0.1) is 18.3 Å². The van der Waals surface area contributed by atoms with Crippen LogP contribution in [0.4, 0.5) is 0 Å². The first-order valence-electron chi connectivity index (χ1n) is 5.47. The lowest BCUT2D eigenvalue weighted by Gasteiger charge is -2.03. The zero-order valence-electron chi connectivity index (χ0n) is 9.83. The molecule has 1 N–H and O–H groups in total. The van der Waals surface area contributed by atoms with Crippen molar-refractivity contribution in [2.75, 3.05) is 0 Å². The van der Waals surface area contributed by atoms with Crippen molar-refractivity contribution in [3.05, 3.63) is 57.3 Å². The summed E-state index contributed by atoms with van der Waals surface area (Å²) < 4.78 is 0.901. The van der Waals surface area contributed by atoms with Gasteiger partial charge in [-0.1, -0.05) is 42.0 Å². The molecule has 2 rings (SSSR count). The minimum atomic E-state index is 0.356. The van der Waals surface area contributed by atoms with Gasteiger partial charge in [-0.2, -0.15) is 5.26 Å². The van der Waals surface area contributed by atoms with Gasteiger partial charge >= 0.3 is 0 Å². The molecule has 0 atom stereocenters. The number of hydrogen-bond donors (Lipinski definition) is 1. The van der Waals surface area contributed by atoms with Crippen molar-refractivity contribution < 1.29 is 0 Å². The Bertz CT molecular complexity index is 620. The summed E-state index contributed by atoms with van der Waals surface area (Å²) in [5.41, 5.74) is 3.94. The van der Waals surface area contributed by atoms with Gasteiger partial charge in [0.25, 0.3) is 0 Å². The maximum atomic E-state index is 8.69. The van der Waals surface area contributed by atoms with Crippen LogP contribution in [-0.2, 0) is 6.42 Å². The molecule has 0 spiro atoms. The number of benzene rings is 1. The summed E-state index contributed by atoms with van der Waals surface area (Å²) in [5, 5.41) is 8.69. The van der Waals surface area contributed by atoms with Crippen LogP contribution in [0.5, 0.6) is 0 Å². The monoisotopic (exact) mass is 318 g/mol. The van der Waals surface area contributed by atoms with Crippen molar-refractivity contribution >= 4 is 33.0 Å². The van der Waals surface area contributed by atoms with Gasteiger partial charge in [0.1, 0.15) is 0 Å². The Morgan fingerprint density at radius 2 is 2.06 bits per heavy atom. The van der Waals surface area contributed by atoms with Crippen LogP contribution < -0.4 is 0 Å². The standard InChI is InChI=1S/C14H11BrN2S/c1-9-2-4-10(5-3-9)14(18)13-12(15)8-11(17-13)6-7-16/h2-5,8,17H,6H2,1H3. The van der Waals surface area contributed by atoms with Gasteiger partial charge in [0.15, 0.2) is 0 Å². The second kappa shape index (κ2) is 5.47. The van der Waals surface area contributed by atoms with Crippen LogP contribution in [0.2, 0.25) is 0 Å². The highest BCUT2D eigenvalue weighted by molar-refractivity contribution is 9.10. The molecule has 0 aliphatic rings. The number of aryl methyl sites for hydroxylation is 1. The van der Waals surface area contributed by atoms with Gasteiger partial charge in [-0.05, 0) is 34.5 Å². The normalized spacial score (nSPS) is 10.1. The van der Waals surface area contributed by atoms with Crippen molar-refractivity contribution in [3.8, 4) is 6.07 Å². The fraction of sp³-hybridized carbons (Fsp3) is 0.143. The molecule has 0 unspecified atom stereocenters. The SMILES string of the molecule is Cc1ccc(C(=S)c2[nH]c(CC#N)cc2Br)cc1. The molecule has 0 fully saturated rings. The van der Waals surface area contributed by atoms with E-state index in [0.717, 1.165) is 26.3 Å². The number of aromatic amines is 1. The molecule has 1 aromatic heterocycles. The first kappa shape index (κ1) is 13.0. The third-order valence-electron chi connectivity index (χ3n) is 2.64. The van der Waals surface area contributed by atoms with E-state index in [0.29, 0.717) is 6.42 Å². The molecular weight excluding hydrogens is 308 g/mol. The summed E-state index contributed by atoms with van der Waals surface area (Å²) >= 11 is 8.94. The van der Waals surface area contributed by atoms with E-state index in [1.54, 1.807) is 0 Å². The molecular formula is C14H11BrN2S. The number of aromatic nitrogens is 1. The van der Waals surface area contributed by atoms with Crippen molar-refractivity contribution in [1.82, 2.24) is 4.98 Å². The molecule has 90 valence electrons. The zero-order chi connectivity index (χ0) is 13.1. The molecule has 2 nitrogen and oxygen atoms in total. The maximum absolute atomic E-state index is 8.69. The number of nitrogens with one attached hydrogen (secondary N) is 1. The topological polar surface area (TPSA) is 39.6 Å². The number of hydrogen-bond acceptors (Lipinski definition) is 2. The number of H-pyrrole nitrogens is 1. The molecule has 0 aliphatic carbocycles. The number of thiocarbonyl (C=S) groups is 1. The van der Waals surface area contributed by atoms with Gasteiger partial charge < -0.3 is 4.98 Å². The molecule has 4 heteroatoms. The summed E-state index contributed by atoms with van der Waals surface area (Å²) in [7, 11) is 0. The van der Waals surface area contributed by atoms with E-state index < -0.39 is 0 Å². The minimum absolute atomic E-state index is 0.356. The third kappa shape index (κ3) is 2.69. The molecule has 2 aromatic rings. The number of rotatable bonds is 3. The lowest BCUT2D eigenvalue weighted by Crippen LogP contribution is -2.01. The third-order valence-corrected chi connectivity index (χ3v) is 3.70. The van der Waals surface area contributed by atoms with Crippen molar-refractivity contribution in [2.24, 2.45) is 0 Å². The Balaban J connectivity index is 2.34. The lowest BCUT2D eigenvalue weighted by atomic mass is 10.1. The predicted molar refractivity (Wildman–Crippen MR) is 79.8 cm³/mol. The largest absolute Gasteiger partial charge is 0.356 e. The average Bonchev–Trinajstić information content (AvgIpc) is 2.71. The number of halogens is 1. The summed E-state index contributed by atoms with van der Waals surface area (Å²) in [6.07, 6.45) is 0.356. The average molecular weight is 319 g/mol. The van der Waals surface area contributed by atoms with Gasteiger partial charge in [0.05, 0.1) is 23.0 Å². The van der Waals surface area contributed by atoms with Gasteiger partial charge in [-0.3, -0.25) is 0 Å². The van der Waals surface area contributed by atoms with Gasteiger partial charge in [0, 0.05) is 10.2 Å². The summed E-state index contributed by atoms with van der Waals surface area (Å²) in [4.78, 5) is 3.94. The Morgan fingerprint density at radius 1 is 1.39 bits per heavy atom. The second-order valence-corrected chi connectivity index (χ2v) is 5.31. The Morgan fingerprint density at radius 3 is 2.67 bits per heavy atom. The van der Waals surface area contributed by atoms with Gasteiger partial charge in [0.2, 0.25) is 0 Å². The van der Waals surface area contributed by atoms with E-state index in [-0.39, 0.29) is 0 Å². The van der Waals surface area contributed by atoms with Crippen LogP contribution in [0.15, 0.2) is 34.8 Å². The summed E-state index contributed by atoms with van der Waals surface area (Å²) in [6, 6.07) is 12.1. The maximum Gasteiger partial charge on any atom is 0.0753 e. The van der Waals surface area contributed by atoms with Crippen LogP contribution in [-0.4, -0.2) is 9.85 Å². The summed E-state index contributed by atoms with van der Waals surface area (Å²) in [5.74, 6) is 0. The highest BCUT2D eigenvalue weighted by Gasteiger charge is 2.12. The highest BCUT2D eigenvalue weighted by Crippen LogP contribution is 2.22. The Hall–Kier alpha value is -1.44. The minimum Gasteiger partial charge on any atom is -0.356 e. The van der Waals surface area contributed by atoms with E-state index in [1.807, 2.05) is 37.3 Å². The second-order valence-electron chi connectivity index (χ2n) is 4.05. The molecule has 0 amide bonds. The quantitative estimate of drug-likeness (QED) is 0.688. The van der Waals surface area contributed by atoms with E-state index in [2.05, 4.69) is 27.0 Å². The van der Waals surface area contributed by atoms with E-state index in [9.17, 15) is 0 Å². The molecule has 1 aromatic carbocycles. The molecule has 0 radical (unpaired) electrons. The van der Waals surface area contributed by atoms with Crippen molar-refractivity contribution in [3.63, 3.8) is 0 Å². The first-order chi connectivity index (χ1) is 8.61. The lowest BCUT2D eigenvalue weighted by molar-refractivity contribution is 1.15. The van der Waals surface area contributed by atoms with E-state index in [1.165, 1.54) is 5.56 Å². The van der Waals surface area contributed by atoms with Crippen LogP contribution in [0.3, 0.4) is 0 Å². The highest BCUT2D eigenvalue weighted by atomic mass is 79.9. The number of nitrogens with zero attached hydrogens (tertiary/aromatic N) is 1. The Labute approximate surface area is 120 Å². The smallest absolute Gasteiger partial charge is 0.0753 e. The molecule has 0 bridgehead atoms. The Kier molecular flexibility index (Phi) is 3.95. The van der Waals surface area contributed by atoms with Crippen LogP contribution >= 0.6 is 28.1 Å². The van der Waals surface area contributed by atoms with Gasteiger partial charge in [-0.25, -0.2) is 0 Å². The van der Waals surface area contributed by atoms with Crippen LogP contribution in [0.1, 0.15) is 22.5 Å².